The number of amides is 2. The smallest absolute Gasteiger partial charge is 0.234 e. The Bertz CT molecular complexity index is 697. The number of hydrogen-bond donors (Lipinski definition) is 0. The quantitative estimate of drug-likeness (QED) is 0.584. The van der Waals surface area contributed by atoms with E-state index in [0.717, 1.165) is 38.5 Å². The van der Waals surface area contributed by atoms with Crippen molar-refractivity contribution in [2.75, 3.05) is 40.0 Å². The highest BCUT2D eigenvalue weighted by Crippen LogP contribution is 2.35. The molecule has 6 heteroatoms. The molecular formula is C21H27N3O3. The molecule has 0 spiro atoms. The number of hydrogen-bond acceptors (Lipinski definition) is 5. The molecule has 3 aliphatic rings. The van der Waals surface area contributed by atoms with Crippen LogP contribution in [-0.4, -0.2) is 66.5 Å². The normalized spacial score (nSPS) is 26.5. The lowest BCUT2D eigenvalue weighted by atomic mass is 9.85. The maximum Gasteiger partial charge on any atom is 0.234 e. The summed E-state index contributed by atoms with van der Waals surface area (Å²) in [5.41, 5.74) is 1.27. The Morgan fingerprint density at radius 1 is 0.889 bits per heavy atom. The molecule has 0 aromatic heterocycles. The lowest BCUT2D eigenvalue weighted by Crippen LogP contribution is -2.51. The SMILES string of the molecule is COc1ccc(CN2CCN(CN3C(=O)[C@H]4CC=CC[C@@H]4C3=O)CC2)cc1. The van der Waals surface area contributed by atoms with Crippen molar-refractivity contribution in [3.63, 3.8) is 0 Å². The molecule has 2 amide bonds. The van der Waals surface area contributed by atoms with Crippen LogP contribution in [0.5, 0.6) is 5.75 Å². The largest absolute Gasteiger partial charge is 0.497 e. The molecule has 1 aliphatic carbocycles. The third kappa shape index (κ3) is 3.77. The molecule has 2 aliphatic heterocycles. The van der Waals surface area contributed by atoms with Crippen LogP contribution in [-0.2, 0) is 16.1 Å². The van der Waals surface area contributed by atoms with E-state index >= 15 is 0 Å². The molecule has 1 aromatic rings. The summed E-state index contributed by atoms with van der Waals surface area (Å²) < 4.78 is 5.21. The van der Waals surface area contributed by atoms with Crippen LogP contribution in [0.25, 0.3) is 0 Å². The average Bonchev–Trinajstić information content (AvgIpc) is 2.95. The first-order valence-corrected chi connectivity index (χ1v) is 9.73. The number of nitrogens with zero attached hydrogens (tertiary/aromatic N) is 3. The summed E-state index contributed by atoms with van der Waals surface area (Å²) >= 11 is 0. The summed E-state index contributed by atoms with van der Waals surface area (Å²) in [4.78, 5) is 31.4. The zero-order chi connectivity index (χ0) is 18.8. The zero-order valence-electron chi connectivity index (χ0n) is 15.8. The van der Waals surface area contributed by atoms with E-state index in [9.17, 15) is 9.59 Å². The highest BCUT2D eigenvalue weighted by molar-refractivity contribution is 6.05. The van der Waals surface area contributed by atoms with E-state index in [1.807, 2.05) is 24.3 Å². The Labute approximate surface area is 160 Å². The number of benzene rings is 1. The van der Waals surface area contributed by atoms with Crippen LogP contribution in [0, 0.1) is 11.8 Å². The lowest BCUT2D eigenvalue weighted by Gasteiger charge is -2.36. The van der Waals surface area contributed by atoms with Crippen molar-refractivity contribution in [2.24, 2.45) is 11.8 Å². The summed E-state index contributed by atoms with van der Waals surface area (Å²) in [5.74, 6) is 0.669. The minimum atomic E-state index is -0.126. The van der Waals surface area contributed by atoms with Gasteiger partial charge < -0.3 is 4.74 Å². The molecule has 0 N–H and O–H groups in total. The van der Waals surface area contributed by atoms with Crippen LogP contribution in [0.1, 0.15) is 18.4 Å². The Morgan fingerprint density at radius 3 is 2.00 bits per heavy atom. The molecule has 1 aromatic carbocycles. The van der Waals surface area contributed by atoms with Gasteiger partial charge in [0.2, 0.25) is 11.8 Å². The summed E-state index contributed by atoms with van der Waals surface area (Å²) in [6, 6.07) is 8.18. The number of piperazine rings is 1. The monoisotopic (exact) mass is 369 g/mol. The maximum atomic E-state index is 12.6. The fourth-order valence-corrected chi connectivity index (χ4v) is 4.29. The highest BCUT2D eigenvalue weighted by atomic mass is 16.5. The fraction of sp³-hybridized carbons (Fsp3) is 0.524. The lowest BCUT2D eigenvalue weighted by molar-refractivity contribution is -0.142. The van der Waals surface area contributed by atoms with E-state index in [4.69, 9.17) is 4.74 Å². The Kier molecular flexibility index (Phi) is 5.27. The second kappa shape index (κ2) is 7.82. The molecule has 6 nitrogen and oxygen atoms in total. The second-order valence-electron chi connectivity index (χ2n) is 7.64. The summed E-state index contributed by atoms with van der Waals surface area (Å²) in [7, 11) is 1.68. The third-order valence-corrected chi connectivity index (χ3v) is 5.97. The van der Waals surface area contributed by atoms with Crippen LogP contribution in [0.4, 0.5) is 0 Å². The molecule has 0 bridgehead atoms. The molecule has 0 radical (unpaired) electrons. The van der Waals surface area contributed by atoms with Crippen molar-refractivity contribution in [3.8, 4) is 5.75 Å². The molecule has 0 saturated carbocycles. The molecule has 2 atom stereocenters. The van der Waals surface area contributed by atoms with Crippen LogP contribution < -0.4 is 4.74 Å². The topological polar surface area (TPSA) is 53.1 Å². The number of carbonyl (C=O) groups is 2. The zero-order valence-corrected chi connectivity index (χ0v) is 15.8. The second-order valence-corrected chi connectivity index (χ2v) is 7.64. The molecule has 0 unspecified atom stereocenters. The summed E-state index contributed by atoms with van der Waals surface area (Å²) in [5, 5.41) is 0. The molecule has 27 heavy (non-hydrogen) atoms. The number of fused-ring (bicyclic) bond motifs is 1. The fourth-order valence-electron chi connectivity index (χ4n) is 4.29. The van der Waals surface area contributed by atoms with Gasteiger partial charge in [0.15, 0.2) is 0 Å². The minimum Gasteiger partial charge on any atom is -0.497 e. The predicted molar refractivity (Wildman–Crippen MR) is 102 cm³/mol. The van der Waals surface area contributed by atoms with Gasteiger partial charge in [-0.05, 0) is 30.5 Å². The van der Waals surface area contributed by atoms with Crippen LogP contribution in [0.15, 0.2) is 36.4 Å². The van der Waals surface area contributed by atoms with E-state index in [1.165, 1.54) is 10.5 Å². The molecular weight excluding hydrogens is 342 g/mol. The Hall–Kier alpha value is -2.18. The first-order valence-electron chi connectivity index (χ1n) is 9.73. The van der Waals surface area contributed by atoms with Crippen molar-refractivity contribution in [1.82, 2.24) is 14.7 Å². The molecule has 2 fully saturated rings. The van der Waals surface area contributed by atoms with Gasteiger partial charge in [0.1, 0.15) is 5.75 Å². The predicted octanol–water partition coefficient (Wildman–Crippen LogP) is 1.72. The van der Waals surface area contributed by atoms with Gasteiger partial charge in [-0.2, -0.15) is 0 Å². The molecule has 144 valence electrons. The number of ether oxygens (including phenoxy) is 1. The van der Waals surface area contributed by atoms with E-state index in [-0.39, 0.29) is 23.7 Å². The van der Waals surface area contributed by atoms with Crippen molar-refractivity contribution in [2.45, 2.75) is 19.4 Å². The molecule has 2 saturated heterocycles. The van der Waals surface area contributed by atoms with Gasteiger partial charge >= 0.3 is 0 Å². The number of carbonyl (C=O) groups excluding carboxylic acids is 2. The van der Waals surface area contributed by atoms with Crippen molar-refractivity contribution in [1.29, 1.82) is 0 Å². The van der Waals surface area contributed by atoms with Crippen molar-refractivity contribution in [3.05, 3.63) is 42.0 Å². The van der Waals surface area contributed by atoms with Crippen LogP contribution in [0.2, 0.25) is 0 Å². The molecule has 2 heterocycles. The highest BCUT2D eigenvalue weighted by Gasteiger charge is 2.47. The van der Waals surface area contributed by atoms with Gasteiger partial charge in [0.05, 0.1) is 25.6 Å². The summed E-state index contributed by atoms with van der Waals surface area (Å²) in [6.45, 7) is 4.99. The van der Waals surface area contributed by atoms with E-state index in [1.54, 1.807) is 7.11 Å². The van der Waals surface area contributed by atoms with Crippen molar-refractivity contribution < 1.29 is 14.3 Å². The number of rotatable bonds is 5. The minimum absolute atomic E-state index is 0.0232. The first kappa shape index (κ1) is 18.2. The first-order chi connectivity index (χ1) is 13.2. The van der Waals surface area contributed by atoms with Crippen molar-refractivity contribution >= 4 is 11.8 Å². The van der Waals surface area contributed by atoms with E-state index in [0.29, 0.717) is 19.5 Å². The number of allylic oxidation sites excluding steroid dienone is 2. The van der Waals surface area contributed by atoms with Gasteiger partial charge in [-0.1, -0.05) is 24.3 Å². The third-order valence-electron chi connectivity index (χ3n) is 5.97. The van der Waals surface area contributed by atoms with Crippen LogP contribution in [0.3, 0.4) is 0 Å². The van der Waals surface area contributed by atoms with Crippen LogP contribution >= 0.6 is 0 Å². The van der Waals surface area contributed by atoms with E-state index in [2.05, 4.69) is 21.9 Å². The summed E-state index contributed by atoms with van der Waals surface area (Å²) in [6.07, 6.45) is 5.49. The Morgan fingerprint density at radius 2 is 1.44 bits per heavy atom. The number of imide groups is 1. The maximum absolute atomic E-state index is 12.6. The standard InChI is InChI=1S/C21H27N3O3/c1-27-17-8-6-16(7-9-17)14-22-10-12-23(13-11-22)15-24-20(25)18-4-2-3-5-19(18)21(24)26/h2-3,6-9,18-19H,4-5,10-15H2,1H3/t18-,19-/m0/s1. The average molecular weight is 369 g/mol. The van der Waals surface area contributed by atoms with Gasteiger partial charge in [0.25, 0.3) is 0 Å². The van der Waals surface area contributed by atoms with Gasteiger partial charge in [-0.25, -0.2) is 0 Å². The van der Waals surface area contributed by atoms with Gasteiger partial charge in [0, 0.05) is 32.7 Å². The van der Waals surface area contributed by atoms with Gasteiger partial charge in [-0.15, -0.1) is 0 Å². The number of likely N-dealkylation sites (tertiary alicyclic amines) is 1. The Balaban J connectivity index is 1.28. The van der Waals surface area contributed by atoms with E-state index < -0.39 is 0 Å². The van der Waals surface area contributed by atoms with Gasteiger partial charge in [-0.3, -0.25) is 24.3 Å². The molecule has 4 rings (SSSR count). The number of methoxy groups -OCH3 is 1.